The molecule has 4 nitrogen and oxygen atoms in total. The summed E-state index contributed by atoms with van der Waals surface area (Å²) >= 11 is 0. The first-order valence-electron chi connectivity index (χ1n) is 8.35. The van der Waals surface area contributed by atoms with Crippen LogP contribution in [0.15, 0.2) is 18.3 Å². The van der Waals surface area contributed by atoms with Crippen LogP contribution in [0.25, 0.3) is 0 Å². The molecule has 2 aliphatic heterocycles. The molecule has 3 rings (SSSR count). The SMILES string of the molecule is Cn1cccc1C(=O)CN1CCC(N2CCCCC2)CC1. The molecule has 0 saturated carbocycles. The van der Waals surface area contributed by atoms with Gasteiger partial charge in [0.15, 0.2) is 5.78 Å². The highest BCUT2D eigenvalue weighted by atomic mass is 16.1. The summed E-state index contributed by atoms with van der Waals surface area (Å²) in [4.78, 5) is 17.3. The van der Waals surface area contributed by atoms with Crippen molar-refractivity contribution < 1.29 is 4.79 Å². The molecule has 0 radical (unpaired) electrons. The minimum atomic E-state index is 0.249. The van der Waals surface area contributed by atoms with Crippen LogP contribution in [0.1, 0.15) is 42.6 Å². The van der Waals surface area contributed by atoms with Crippen molar-refractivity contribution in [2.45, 2.75) is 38.1 Å². The van der Waals surface area contributed by atoms with Gasteiger partial charge in [0, 0.05) is 32.4 Å². The van der Waals surface area contributed by atoms with E-state index in [1.165, 1.54) is 45.2 Å². The van der Waals surface area contributed by atoms with E-state index in [4.69, 9.17) is 0 Å². The molecular formula is C17H27N3O. The van der Waals surface area contributed by atoms with Gasteiger partial charge in [-0.3, -0.25) is 9.69 Å². The van der Waals surface area contributed by atoms with Crippen molar-refractivity contribution in [2.75, 3.05) is 32.7 Å². The Labute approximate surface area is 127 Å². The number of hydrogen-bond acceptors (Lipinski definition) is 3. The van der Waals surface area contributed by atoms with Gasteiger partial charge in [0.1, 0.15) is 0 Å². The van der Waals surface area contributed by atoms with Crippen LogP contribution < -0.4 is 0 Å². The maximum Gasteiger partial charge on any atom is 0.193 e. The highest BCUT2D eigenvalue weighted by molar-refractivity contribution is 5.96. The number of aromatic nitrogens is 1. The van der Waals surface area contributed by atoms with Crippen LogP contribution in [0.2, 0.25) is 0 Å². The van der Waals surface area contributed by atoms with Gasteiger partial charge in [-0.25, -0.2) is 0 Å². The highest BCUT2D eigenvalue weighted by Crippen LogP contribution is 2.21. The molecule has 2 fully saturated rings. The number of aryl methyl sites for hydroxylation is 1. The summed E-state index contributed by atoms with van der Waals surface area (Å²) in [6.45, 7) is 5.28. The fraction of sp³-hybridized carbons (Fsp3) is 0.706. The summed E-state index contributed by atoms with van der Waals surface area (Å²) in [5.74, 6) is 0.249. The maximum atomic E-state index is 12.3. The number of rotatable bonds is 4. The fourth-order valence-electron chi connectivity index (χ4n) is 3.76. The van der Waals surface area contributed by atoms with Gasteiger partial charge in [0.25, 0.3) is 0 Å². The zero-order valence-electron chi connectivity index (χ0n) is 13.1. The highest BCUT2D eigenvalue weighted by Gasteiger charge is 2.26. The third kappa shape index (κ3) is 3.55. The van der Waals surface area contributed by atoms with Crippen LogP contribution in [0.3, 0.4) is 0 Å². The molecule has 1 aromatic heterocycles. The van der Waals surface area contributed by atoms with Gasteiger partial charge >= 0.3 is 0 Å². The molecule has 0 unspecified atom stereocenters. The quantitative estimate of drug-likeness (QED) is 0.795. The Morgan fingerprint density at radius 3 is 2.48 bits per heavy atom. The van der Waals surface area contributed by atoms with Gasteiger partial charge in [-0.2, -0.15) is 0 Å². The molecule has 4 heteroatoms. The van der Waals surface area contributed by atoms with Crippen LogP contribution >= 0.6 is 0 Å². The molecule has 21 heavy (non-hydrogen) atoms. The summed E-state index contributed by atoms with van der Waals surface area (Å²) < 4.78 is 1.92. The second kappa shape index (κ2) is 6.75. The summed E-state index contributed by atoms with van der Waals surface area (Å²) in [7, 11) is 1.94. The Hall–Kier alpha value is -1.13. The second-order valence-corrected chi connectivity index (χ2v) is 6.53. The van der Waals surface area contributed by atoms with E-state index < -0.39 is 0 Å². The Kier molecular flexibility index (Phi) is 4.76. The zero-order chi connectivity index (χ0) is 14.7. The lowest BCUT2D eigenvalue weighted by molar-refractivity contribution is 0.0769. The molecular weight excluding hydrogens is 262 g/mol. The van der Waals surface area contributed by atoms with Crippen molar-refractivity contribution in [1.29, 1.82) is 0 Å². The van der Waals surface area contributed by atoms with E-state index in [0.717, 1.165) is 24.8 Å². The summed E-state index contributed by atoms with van der Waals surface area (Å²) in [6, 6.07) is 4.62. The van der Waals surface area contributed by atoms with Gasteiger partial charge < -0.3 is 9.47 Å². The Morgan fingerprint density at radius 2 is 1.86 bits per heavy atom. The van der Waals surface area contributed by atoms with Crippen molar-refractivity contribution in [2.24, 2.45) is 7.05 Å². The smallest absolute Gasteiger partial charge is 0.193 e. The van der Waals surface area contributed by atoms with Crippen molar-refractivity contribution >= 4 is 5.78 Å². The molecule has 0 atom stereocenters. The van der Waals surface area contributed by atoms with E-state index >= 15 is 0 Å². The average Bonchev–Trinajstić information content (AvgIpc) is 2.95. The van der Waals surface area contributed by atoms with Crippen molar-refractivity contribution in [3.8, 4) is 0 Å². The maximum absolute atomic E-state index is 12.3. The number of hydrogen-bond donors (Lipinski definition) is 0. The van der Waals surface area contributed by atoms with E-state index in [1.807, 2.05) is 29.9 Å². The standard InChI is InChI=1S/C17H27N3O/c1-18-9-5-6-16(18)17(21)14-19-12-7-15(8-13-19)20-10-3-2-4-11-20/h5-6,9,15H,2-4,7-8,10-14H2,1H3. The molecule has 0 amide bonds. The first-order valence-corrected chi connectivity index (χ1v) is 8.35. The Bertz CT molecular complexity index is 468. The van der Waals surface area contributed by atoms with Gasteiger partial charge in [-0.1, -0.05) is 6.42 Å². The molecule has 2 aliphatic rings. The van der Waals surface area contributed by atoms with Crippen molar-refractivity contribution in [1.82, 2.24) is 14.4 Å². The summed E-state index contributed by atoms with van der Waals surface area (Å²) in [5, 5.41) is 0. The van der Waals surface area contributed by atoms with Gasteiger partial charge in [-0.05, 0) is 50.9 Å². The normalized spacial score (nSPS) is 22.5. The lowest BCUT2D eigenvalue weighted by Gasteiger charge is -2.40. The molecule has 0 aliphatic carbocycles. The molecule has 1 aromatic rings. The third-order valence-electron chi connectivity index (χ3n) is 5.06. The molecule has 3 heterocycles. The largest absolute Gasteiger partial charge is 0.348 e. The topological polar surface area (TPSA) is 28.5 Å². The minimum absolute atomic E-state index is 0.249. The number of Topliss-reactive ketones (excluding diaryl/α,β-unsaturated/α-hetero) is 1. The first-order chi connectivity index (χ1) is 10.2. The summed E-state index contributed by atoms with van der Waals surface area (Å²) in [5.41, 5.74) is 0.827. The average molecular weight is 289 g/mol. The van der Waals surface area contributed by atoms with Crippen LogP contribution in [0.4, 0.5) is 0 Å². The van der Waals surface area contributed by atoms with Gasteiger partial charge in [0.05, 0.1) is 12.2 Å². The predicted molar refractivity (Wildman–Crippen MR) is 84.6 cm³/mol. The predicted octanol–water partition coefficient (Wildman–Crippen LogP) is 2.16. The number of nitrogens with zero attached hydrogens (tertiary/aromatic N) is 3. The van der Waals surface area contributed by atoms with E-state index in [1.54, 1.807) is 0 Å². The number of carbonyl (C=O) groups is 1. The summed E-state index contributed by atoms with van der Waals surface area (Å²) in [6.07, 6.45) is 8.52. The molecule has 0 N–H and O–H groups in total. The van der Waals surface area contributed by atoms with E-state index in [2.05, 4.69) is 9.80 Å². The lowest BCUT2D eigenvalue weighted by Crippen LogP contribution is -2.47. The molecule has 0 aromatic carbocycles. The fourth-order valence-corrected chi connectivity index (χ4v) is 3.76. The number of piperidine rings is 2. The van der Waals surface area contributed by atoms with Crippen molar-refractivity contribution in [3.05, 3.63) is 24.0 Å². The van der Waals surface area contributed by atoms with Crippen LogP contribution in [0.5, 0.6) is 0 Å². The minimum Gasteiger partial charge on any atom is -0.348 e. The lowest BCUT2D eigenvalue weighted by atomic mass is 9.99. The zero-order valence-corrected chi connectivity index (χ0v) is 13.1. The number of ketones is 1. The molecule has 116 valence electrons. The van der Waals surface area contributed by atoms with Crippen molar-refractivity contribution in [3.63, 3.8) is 0 Å². The Balaban J connectivity index is 1.47. The van der Waals surface area contributed by atoms with Crippen LogP contribution in [-0.4, -0.2) is 58.9 Å². The van der Waals surface area contributed by atoms with E-state index in [9.17, 15) is 4.79 Å². The van der Waals surface area contributed by atoms with Crippen LogP contribution in [0, 0.1) is 0 Å². The monoisotopic (exact) mass is 289 g/mol. The second-order valence-electron chi connectivity index (χ2n) is 6.53. The van der Waals surface area contributed by atoms with E-state index in [-0.39, 0.29) is 5.78 Å². The van der Waals surface area contributed by atoms with Gasteiger partial charge in [0.2, 0.25) is 0 Å². The van der Waals surface area contributed by atoms with Gasteiger partial charge in [-0.15, -0.1) is 0 Å². The Morgan fingerprint density at radius 1 is 1.14 bits per heavy atom. The van der Waals surface area contributed by atoms with Crippen LogP contribution in [-0.2, 0) is 7.05 Å². The molecule has 2 saturated heterocycles. The number of likely N-dealkylation sites (tertiary alicyclic amines) is 2. The third-order valence-corrected chi connectivity index (χ3v) is 5.06. The van der Waals surface area contributed by atoms with E-state index in [0.29, 0.717) is 6.54 Å². The molecule has 0 spiro atoms. The molecule has 0 bridgehead atoms. The first kappa shape index (κ1) is 14.8. The number of carbonyl (C=O) groups excluding carboxylic acids is 1.